The molecule has 6 heteroatoms. The normalized spacial score (nSPS) is 14.8. The highest BCUT2D eigenvalue weighted by Crippen LogP contribution is 2.40. The minimum atomic E-state index is -0.135. The van der Waals surface area contributed by atoms with Crippen molar-refractivity contribution in [1.82, 2.24) is 4.90 Å². The minimum Gasteiger partial charge on any atom is -0.492 e. The third-order valence-corrected chi connectivity index (χ3v) is 7.36. The first kappa shape index (κ1) is 26.8. The second-order valence-corrected chi connectivity index (χ2v) is 9.89. The van der Waals surface area contributed by atoms with Crippen LogP contribution in [0.15, 0.2) is 66.7 Å². The van der Waals surface area contributed by atoms with E-state index in [9.17, 15) is 4.79 Å². The number of hydrogen-bond acceptors (Lipinski definition) is 6. The number of carbonyl (C=O) groups excluding carboxylic acids is 1. The van der Waals surface area contributed by atoms with Crippen molar-refractivity contribution in [3.05, 3.63) is 83.4 Å². The molecule has 0 N–H and O–H groups in total. The molecule has 204 valence electrons. The molecule has 39 heavy (non-hydrogen) atoms. The fourth-order valence-corrected chi connectivity index (χ4v) is 4.88. The monoisotopic (exact) mass is 527 g/mol. The number of ether oxygens (including phenoxy) is 4. The Morgan fingerprint density at radius 3 is 2.05 bits per heavy atom. The average molecular weight is 528 g/mol. The molecule has 0 radical (unpaired) electrons. The van der Waals surface area contributed by atoms with Crippen molar-refractivity contribution >= 4 is 17.1 Å². The van der Waals surface area contributed by atoms with Crippen LogP contribution in [0.1, 0.15) is 56.7 Å². The maximum Gasteiger partial charge on any atom is 0.314 e. The summed E-state index contributed by atoms with van der Waals surface area (Å²) in [6, 6.07) is 22.2. The van der Waals surface area contributed by atoms with E-state index in [1.807, 2.05) is 42.5 Å². The standard InChI is InChI=1S/C33H37NO5/c1-4-29(26-13-18-30-31(21-26)38-22-37-30)32(24-11-16-28(17-12-24)39-33(35)25-7-8-25)23-9-14-27(15-10-23)36-20-19-34(5-2)6-3/h9-18,21,25H,4-8,19-20,22H2,1-3H3/b32-29+. The minimum absolute atomic E-state index is 0.0607. The largest absolute Gasteiger partial charge is 0.492 e. The number of rotatable bonds is 12. The summed E-state index contributed by atoms with van der Waals surface area (Å²) in [6.07, 6.45) is 2.66. The van der Waals surface area contributed by atoms with E-state index >= 15 is 0 Å². The molecular formula is C33H37NO5. The van der Waals surface area contributed by atoms with Crippen LogP contribution in [0.4, 0.5) is 0 Å². The summed E-state index contributed by atoms with van der Waals surface area (Å²) in [4.78, 5) is 14.5. The lowest BCUT2D eigenvalue weighted by Crippen LogP contribution is -2.27. The Labute approximate surface area is 231 Å². The van der Waals surface area contributed by atoms with E-state index in [0.717, 1.165) is 78.4 Å². The van der Waals surface area contributed by atoms with Crippen molar-refractivity contribution < 1.29 is 23.7 Å². The van der Waals surface area contributed by atoms with Crippen LogP contribution in [-0.4, -0.2) is 43.9 Å². The van der Waals surface area contributed by atoms with Gasteiger partial charge in [-0.1, -0.05) is 51.1 Å². The average Bonchev–Trinajstić information content (AvgIpc) is 3.72. The van der Waals surface area contributed by atoms with Gasteiger partial charge in [-0.3, -0.25) is 4.79 Å². The molecule has 1 aliphatic carbocycles. The molecule has 0 spiro atoms. The maximum atomic E-state index is 12.2. The molecule has 0 amide bonds. The van der Waals surface area contributed by atoms with E-state index in [2.05, 4.69) is 49.9 Å². The third-order valence-electron chi connectivity index (χ3n) is 7.36. The van der Waals surface area contributed by atoms with Gasteiger partial charge in [-0.05, 0) is 96.6 Å². The lowest BCUT2D eigenvalue weighted by molar-refractivity contribution is -0.135. The van der Waals surface area contributed by atoms with E-state index in [-0.39, 0.29) is 18.7 Å². The SMILES string of the molecule is CC/C(=C(/c1ccc(OCCN(CC)CC)cc1)c1ccc(OC(=O)C2CC2)cc1)c1ccc2c(c1)OCO2. The van der Waals surface area contributed by atoms with Gasteiger partial charge < -0.3 is 23.8 Å². The lowest BCUT2D eigenvalue weighted by atomic mass is 9.88. The lowest BCUT2D eigenvalue weighted by Gasteiger charge is -2.19. The molecular weight excluding hydrogens is 490 g/mol. The first-order chi connectivity index (χ1) is 19.1. The smallest absolute Gasteiger partial charge is 0.314 e. The second kappa shape index (κ2) is 12.4. The zero-order chi connectivity index (χ0) is 27.2. The van der Waals surface area contributed by atoms with Crippen LogP contribution in [0, 0.1) is 5.92 Å². The van der Waals surface area contributed by atoms with Crippen molar-refractivity contribution in [3.8, 4) is 23.0 Å². The first-order valence-electron chi connectivity index (χ1n) is 14.0. The van der Waals surface area contributed by atoms with Crippen LogP contribution in [0.5, 0.6) is 23.0 Å². The van der Waals surface area contributed by atoms with Gasteiger partial charge in [-0.2, -0.15) is 0 Å². The fourth-order valence-electron chi connectivity index (χ4n) is 4.88. The van der Waals surface area contributed by atoms with Crippen molar-refractivity contribution in [2.45, 2.75) is 40.0 Å². The first-order valence-corrected chi connectivity index (χ1v) is 14.0. The maximum absolute atomic E-state index is 12.2. The summed E-state index contributed by atoms with van der Waals surface area (Å²) in [5.74, 6) is 2.89. The molecule has 1 saturated carbocycles. The summed E-state index contributed by atoms with van der Waals surface area (Å²) in [5, 5.41) is 0. The number of esters is 1. The molecule has 3 aromatic rings. The van der Waals surface area contributed by atoms with Gasteiger partial charge in [-0.25, -0.2) is 0 Å². The van der Waals surface area contributed by atoms with Gasteiger partial charge >= 0.3 is 5.97 Å². The molecule has 1 fully saturated rings. The summed E-state index contributed by atoms with van der Waals surface area (Å²) in [6.45, 7) is 10.3. The molecule has 0 unspecified atom stereocenters. The molecule has 0 atom stereocenters. The second-order valence-electron chi connectivity index (χ2n) is 9.89. The number of likely N-dealkylation sites (N-methyl/N-ethyl adjacent to an activating group) is 1. The Bertz CT molecular complexity index is 1300. The van der Waals surface area contributed by atoms with Gasteiger partial charge in [0.1, 0.15) is 18.1 Å². The van der Waals surface area contributed by atoms with E-state index < -0.39 is 0 Å². The Balaban J connectivity index is 1.46. The summed E-state index contributed by atoms with van der Waals surface area (Å²) >= 11 is 0. The van der Waals surface area contributed by atoms with Crippen LogP contribution in [0.2, 0.25) is 0 Å². The van der Waals surface area contributed by atoms with Gasteiger partial charge in [0.05, 0.1) is 5.92 Å². The number of nitrogens with zero attached hydrogens (tertiary/aromatic N) is 1. The fraction of sp³-hybridized carbons (Fsp3) is 0.364. The Hall–Kier alpha value is -3.77. The summed E-state index contributed by atoms with van der Waals surface area (Å²) in [7, 11) is 0. The Kier molecular flexibility index (Phi) is 8.52. The molecule has 2 aliphatic rings. The van der Waals surface area contributed by atoms with Crippen LogP contribution in [-0.2, 0) is 4.79 Å². The Morgan fingerprint density at radius 1 is 0.821 bits per heavy atom. The van der Waals surface area contributed by atoms with Gasteiger partial charge in [0.15, 0.2) is 11.5 Å². The topological polar surface area (TPSA) is 57.2 Å². The molecule has 5 rings (SSSR count). The summed E-state index contributed by atoms with van der Waals surface area (Å²) < 4.78 is 22.8. The quantitative estimate of drug-likeness (QED) is 0.146. The molecule has 0 bridgehead atoms. The highest BCUT2D eigenvalue weighted by molar-refractivity contribution is 5.99. The zero-order valence-electron chi connectivity index (χ0n) is 23.1. The summed E-state index contributed by atoms with van der Waals surface area (Å²) in [5.41, 5.74) is 5.52. The van der Waals surface area contributed by atoms with Gasteiger partial charge in [0.25, 0.3) is 0 Å². The highest BCUT2D eigenvalue weighted by atomic mass is 16.7. The third kappa shape index (κ3) is 6.45. The van der Waals surface area contributed by atoms with Gasteiger partial charge in [0, 0.05) is 6.54 Å². The molecule has 0 saturated heterocycles. The van der Waals surface area contributed by atoms with Crippen molar-refractivity contribution in [2.75, 3.05) is 33.0 Å². The van der Waals surface area contributed by atoms with Crippen LogP contribution < -0.4 is 18.9 Å². The van der Waals surface area contributed by atoms with E-state index in [4.69, 9.17) is 18.9 Å². The Morgan fingerprint density at radius 2 is 1.44 bits per heavy atom. The van der Waals surface area contributed by atoms with E-state index in [1.54, 1.807) is 0 Å². The number of carbonyl (C=O) groups is 1. The van der Waals surface area contributed by atoms with Crippen LogP contribution in [0.3, 0.4) is 0 Å². The van der Waals surface area contributed by atoms with Crippen molar-refractivity contribution in [1.29, 1.82) is 0 Å². The zero-order valence-corrected chi connectivity index (χ0v) is 23.1. The number of benzene rings is 3. The van der Waals surface area contributed by atoms with Crippen LogP contribution in [0.25, 0.3) is 11.1 Å². The van der Waals surface area contributed by atoms with E-state index in [1.165, 1.54) is 5.57 Å². The number of hydrogen-bond donors (Lipinski definition) is 0. The van der Waals surface area contributed by atoms with Gasteiger partial charge in [-0.15, -0.1) is 0 Å². The molecule has 1 aliphatic heterocycles. The molecule has 6 nitrogen and oxygen atoms in total. The van der Waals surface area contributed by atoms with E-state index in [0.29, 0.717) is 12.4 Å². The number of allylic oxidation sites excluding steroid dienone is 1. The molecule has 3 aromatic carbocycles. The number of fused-ring (bicyclic) bond motifs is 1. The highest BCUT2D eigenvalue weighted by Gasteiger charge is 2.31. The predicted molar refractivity (Wildman–Crippen MR) is 153 cm³/mol. The van der Waals surface area contributed by atoms with Crippen molar-refractivity contribution in [3.63, 3.8) is 0 Å². The molecule has 0 aromatic heterocycles. The van der Waals surface area contributed by atoms with Crippen molar-refractivity contribution in [2.24, 2.45) is 5.92 Å². The molecule has 1 heterocycles. The predicted octanol–water partition coefficient (Wildman–Crippen LogP) is 6.82. The van der Waals surface area contributed by atoms with Gasteiger partial charge in [0.2, 0.25) is 6.79 Å². The van der Waals surface area contributed by atoms with Crippen LogP contribution >= 0.6 is 0 Å².